The van der Waals surface area contributed by atoms with Crippen molar-refractivity contribution < 1.29 is 9.53 Å². The van der Waals surface area contributed by atoms with Gasteiger partial charge in [0.2, 0.25) is 5.91 Å². The average molecular weight is 333 g/mol. The Morgan fingerprint density at radius 3 is 3.22 bits per heavy atom. The van der Waals surface area contributed by atoms with Gasteiger partial charge < -0.3 is 10.1 Å². The minimum absolute atomic E-state index is 0.0918. The number of hydrogen-bond donors (Lipinski definition) is 1. The molecule has 1 fully saturated rings. The Hall–Kier alpha value is -1.66. The molecule has 0 unspecified atom stereocenters. The molecule has 2 aromatic rings. The van der Waals surface area contributed by atoms with E-state index < -0.39 is 0 Å². The summed E-state index contributed by atoms with van der Waals surface area (Å²) in [5, 5.41) is 11.6. The first kappa shape index (κ1) is 16.2. The van der Waals surface area contributed by atoms with E-state index in [4.69, 9.17) is 4.74 Å². The fourth-order valence-electron chi connectivity index (χ4n) is 2.97. The van der Waals surface area contributed by atoms with Gasteiger partial charge in [0.1, 0.15) is 0 Å². The molecule has 1 N–H and O–H groups in total. The Labute approximate surface area is 140 Å². The number of amides is 1. The SMILES string of the molecule is CCn1cc([C@@H]2OCCC[C@H]2C(=O)NCCc2ccsc2)cn1. The molecule has 0 spiro atoms. The Kier molecular flexibility index (Phi) is 5.46. The number of nitrogens with zero attached hydrogens (tertiary/aromatic N) is 2. The third-order valence-electron chi connectivity index (χ3n) is 4.26. The van der Waals surface area contributed by atoms with Crippen molar-refractivity contribution in [3.05, 3.63) is 40.3 Å². The fraction of sp³-hybridized carbons (Fsp3) is 0.529. The molecule has 1 aliphatic rings. The zero-order valence-corrected chi connectivity index (χ0v) is 14.2. The van der Waals surface area contributed by atoms with Crippen LogP contribution in [0.1, 0.15) is 37.0 Å². The normalized spacial score (nSPS) is 21.3. The molecule has 3 heterocycles. The molecule has 5 nitrogen and oxygen atoms in total. The van der Waals surface area contributed by atoms with Crippen molar-refractivity contribution >= 4 is 17.2 Å². The molecule has 0 radical (unpaired) electrons. The van der Waals surface area contributed by atoms with E-state index in [1.54, 1.807) is 11.3 Å². The molecule has 2 aromatic heterocycles. The molecular weight excluding hydrogens is 310 g/mol. The van der Waals surface area contributed by atoms with Crippen LogP contribution in [0.2, 0.25) is 0 Å². The topological polar surface area (TPSA) is 56.1 Å². The second-order valence-corrected chi connectivity index (χ2v) is 6.62. The van der Waals surface area contributed by atoms with Crippen LogP contribution in [-0.4, -0.2) is 28.8 Å². The summed E-state index contributed by atoms with van der Waals surface area (Å²) >= 11 is 1.69. The van der Waals surface area contributed by atoms with Gasteiger partial charge in [0.15, 0.2) is 0 Å². The number of carbonyl (C=O) groups excluding carboxylic acids is 1. The summed E-state index contributed by atoms with van der Waals surface area (Å²) < 4.78 is 7.77. The van der Waals surface area contributed by atoms with Gasteiger partial charge in [-0.1, -0.05) is 0 Å². The van der Waals surface area contributed by atoms with Crippen molar-refractivity contribution in [1.82, 2.24) is 15.1 Å². The van der Waals surface area contributed by atoms with Gasteiger partial charge in [-0.25, -0.2) is 0 Å². The van der Waals surface area contributed by atoms with Crippen LogP contribution in [0.4, 0.5) is 0 Å². The molecule has 0 aromatic carbocycles. The van der Waals surface area contributed by atoms with Crippen molar-refractivity contribution in [3.8, 4) is 0 Å². The van der Waals surface area contributed by atoms with Crippen molar-refractivity contribution in [2.45, 2.75) is 38.8 Å². The summed E-state index contributed by atoms with van der Waals surface area (Å²) in [5.74, 6) is -0.0325. The highest BCUT2D eigenvalue weighted by molar-refractivity contribution is 7.07. The van der Waals surface area contributed by atoms with Gasteiger partial charge in [0, 0.05) is 31.5 Å². The number of hydrogen-bond acceptors (Lipinski definition) is 4. The fourth-order valence-corrected chi connectivity index (χ4v) is 3.68. The Morgan fingerprint density at radius 2 is 2.48 bits per heavy atom. The van der Waals surface area contributed by atoms with Crippen LogP contribution in [0, 0.1) is 5.92 Å². The maximum absolute atomic E-state index is 12.6. The van der Waals surface area contributed by atoms with Crippen LogP contribution in [0.15, 0.2) is 29.2 Å². The predicted octanol–water partition coefficient (Wildman–Crippen LogP) is 2.79. The summed E-state index contributed by atoms with van der Waals surface area (Å²) in [6, 6.07) is 2.10. The van der Waals surface area contributed by atoms with Crippen molar-refractivity contribution in [2.75, 3.05) is 13.2 Å². The molecule has 0 saturated carbocycles. The molecule has 124 valence electrons. The van der Waals surface area contributed by atoms with Gasteiger partial charge >= 0.3 is 0 Å². The largest absolute Gasteiger partial charge is 0.373 e. The summed E-state index contributed by atoms with van der Waals surface area (Å²) in [6.45, 7) is 4.25. The number of rotatable bonds is 6. The average Bonchev–Trinajstić information content (AvgIpc) is 3.26. The van der Waals surface area contributed by atoms with Crippen LogP contribution < -0.4 is 5.32 Å². The van der Waals surface area contributed by atoms with E-state index in [2.05, 4.69) is 27.2 Å². The van der Waals surface area contributed by atoms with Crippen LogP contribution in [0.5, 0.6) is 0 Å². The minimum Gasteiger partial charge on any atom is -0.373 e. The molecule has 1 saturated heterocycles. The second-order valence-electron chi connectivity index (χ2n) is 5.84. The Bertz CT molecular complexity index is 624. The van der Waals surface area contributed by atoms with E-state index in [-0.39, 0.29) is 17.9 Å². The highest BCUT2D eigenvalue weighted by Crippen LogP contribution is 2.33. The number of carbonyl (C=O) groups is 1. The summed E-state index contributed by atoms with van der Waals surface area (Å²) in [5.41, 5.74) is 2.28. The van der Waals surface area contributed by atoms with Crippen molar-refractivity contribution in [3.63, 3.8) is 0 Å². The van der Waals surface area contributed by atoms with Crippen LogP contribution >= 0.6 is 11.3 Å². The van der Waals surface area contributed by atoms with Gasteiger partial charge in [-0.2, -0.15) is 16.4 Å². The number of nitrogens with one attached hydrogen (secondary N) is 1. The molecule has 1 amide bonds. The lowest BCUT2D eigenvalue weighted by Gasteiger charge is -2.30. The molecule has 1 aliphatic heterocycles. The third kappa shape index (κ3) is 4.00. The quantitative estimate of drug-likeness (QED) is 0.884. The summed E-state index contributed by atoms with van der Waals surface area (Å²) in [4.78, 5) is 12.6. The van der Waals surface area contributed by atoms with Crippen LogP contribution in [-0.2, 0) is 22.5 Å². The zero-order chi connectivity index (χ0) is 16.1. The van der Waals surface area contributed by atoms with Crippen LogP contribution in [0.25, 0.3) is 0 Å². The van der Waals surface area contributed by atoms with Crippen LogP contribution in [0.3, 0.4) is 0 Å². The number of thiophene rings is 1. The smallest absolute Gasteiger partial charge is 0.226 e. The van der Waals surface area contributed by atoms with E-state index >= 15 is 0 Å². The Morgan fingerprint density at radius 1 is 1.57 bits per heavy atom. The van der Waals surface area contributed by atoms with Gasteiger partial charge in [0.25, 0.3) is 0 Å². The maximum atomic E-state index is 12.6. The molecular formula is C17H23N3O2S. The second kappa shape index (κ2) is 7.75. The highest BCUT2D eigenvalue weighted by Gasteiger charge is 2.33. The molecule has 3 rings (SSSR count). The molecule has 23 heavy (non-hydrogen) atoms. The van der Waals surface area contributed by atoms with Gasteiger partial charge in [0.05, 0.1) is 18.2 Å². The first-order valence-electron chi connectivity index (χ1n) is 8.20. The lowest BCUT2D eigenvalue weighted by molar-refractivity contribution is -0.134. The summed E-state index contributed by atoms with van der Waals surface area (Å²) in [7, 11) is 0. The first-order valence-corrected chi connectivity index (χ1v) is 9.15. The monoisotopic (exact) mass is 333 g/mol. The minimum atomic E-state index is -0.176. The third-order valence-corrected chi connectivity index (χ3v) is 4.99. The maximum Gasteiger partial charge on any atom is 0.226 e. The van der Waals surface area contributed by atoms with Gasteiger partial charge in [-0.05, 0) is 48.6 Å². The zero-order valence-electron chi connectivity index (χ0n) is 13.4. The molecule has 0 aliphatic carbocycles. The van der Waals surface area contributed by atoms with Crippen molar-refractivity contribution in [1.29, 1.82) is 0 Å². The predicted molar refractivity (Wildman–Crippen MR) is 90.4 cm³/mol. The molecule has 6 heteroatoms. The van der Waals surface area contributed by atoms with E-state index in [0.29, 0.717) is 13.2 Å². The van der Waals surface area contributed by atoms with E-state index in [9.17, 15) is 4.79 Å². The first-order chi connectivity index (χ1) is 11.3. The van der Waals surface area contributed by atoms with E-state index in [0.717, 1.165) is 31.4 Å². The number of ether oxygens (including phenoxy) is 1. The number of aromatic nitrogens is 2. The molecule has 2 atom stereocenters. The van der Waals surface area contributed by atoms with E-state index in [1.165, 1.54) is 5.56 Å². The lowest BCUT2D eigenvalue weighted by atomic mass is 9.90. The lowest BCUT2D eigenvalue weighted by Crippen LogP contribution is -2.38. The van der Waals surface area contributed by atoms with E-state index in [1.807, 2.05) is 24.0 Å². The summed E-state index contributed by atoms with van der Waals surface area (Å²) in [6.07, 6.45) is 6.31. The highest BCUT2D eigenvalue weighted by atomic mass is 32.1. The number of aryl methyl sites for hydroxylation is 1. The van der Waals surface area contributed by atoms with Gasteiger partial charge in [-0.3, -0.25) is 9.48 Å². The van der Waals surface area contributed by atoms with Gasteiger partial charge in [-0.15, -0.1) is 0 Å². The molecule has 0 bridgehead atoms. The Balaban J connectivity index is 1.59. The van der Waals surface area contributed by atoms with Crippen molar-refractivity contribution in [2.24, 2.45) is 5.92 Å². The standard InChI is InChI=1S/C17H23N3O2S/c1-2-20-11-14(10-19-20)16-15(4-3-8-22-16)17(21)18-7-5-13-6-9-23-12-13/h6,9-12,15-16H,2-5,7-8H2,1H3,(H,18,21)/t15-,16+/m1/s1.